The van der Waals surface area contributed by atoms with Crippen LogP contribution >= 0.6 is 0 Å². The molecule has 0 aliphatic heterocycles. The summed E-state index contributed by atoms with van der Waals surface area (Å²) in [6, 6.07) is 6.21. The van der Waals surface area contributed by atoms with Gasteiger partial charge in [-0.1, -0.05) is 6.07 Å². The van der Waals surface area contributed by atoms with E-state index in [0.717, 1.165) is 7.11 Å². The highest BCUT2D eigenvalue weighted by molar-refractivity contribution is 7.93. The molecule has 0 heterocycles. The number of sulfonamides is 1. The summed E-state index contributed by atoms with van der Waals surface area (Å²) in [5.41, 5.74) is 6.22. The first-order chi connectivity index (χ1) is 7.43. The van der Waals surface area contributed by atoms with Gasteiger partial charge in [-0.15, -0.1) is 0 Å². The molecule has 6 nitrogen and oxygen atoms in total. The zero-order chi connectivity index (χ0) is 12.2. The largest absolute Gasteiger partial charge is 0.468 e. The highest BCUT2D eigenvalue weighted by Crippen LogP contribution is 2.13. The molecule has 0 atom stereocenters. The minimum Gasteiger partial charge on any atom is -0.468 e. The number of nitrogen functional groups attached to an aromatic ring is 1. The number of hydrogen-bond donors (Lipinski definition) is 2. The fourth-order valence-corrected chi connectivity index (χ4v) is 2.02. The molecule has 7 heteroatoms. The zero-order valence-corrected chi connectivity index (χ0v) is 9.45. The van der Waals surface area contributed by atoms with Crippen molar-refractivity contribution < 1.29 is 17.9 Å². The third kappa shape index (κ3) is 3.77. The third-order valence-corrected chi connectivity index (χ3v) is 2.86. The molecule has 88 valence electrons. The van der Waals surface area contributed by atoms with Gasteiger partial charge in [0.25, 0.3) is 0 Å². The van der Waals surface area contributed by atoms with E-state index >= 15 is 0 Å². The highest BCUT2D eigenvalue weighted by atomic mass is 32.2. The van der Waals surface area contributed by atoms with E-state index in [1.165, 1.54) is 12.1 Å². The Kier molecular flexibility index (Phi) is 3.73. The van der Waals surface area contributed by atoms with Gasteiger partial charge in [-0.2, -0.15) is 0 Å². The van der Waals surface area contributed by atoms with Crippen molar-refractivity contribution in [3.63, 3.8) is 0 Å². The highest BCUT2D eigenvalue weighted by Gasteiger charge is 2.16. The fraction of sp³-hybridized carbons (Fsp3) is 0.222. The van der Waals surface area contributed by atoms with Gasteiger partial charge < -0.3 is 10.5 Å². The van der Waals surface area contributed by atoms with Gasteiger partial charge in [0.05, 0.1) is 12.8 Å². The van der Waals surface area contributed by atoms with Crippen molar-refractivity contribution in [2.45, 2.75) is 0 Å². The second-order valence-electron chi connectivity index (χ2n) is 3.06. The van der Waals surface area contributed by atoms with Gasteiger partial charge in [-0.25, -0.2) is 8.42 Å². The molecule has 0 radical (unpaired) electrons. The number of carbonyl (C=O) groups excluding carboxylic acids is 1. The van der Waals surface area contributed by atoms with Gasteiger partial charge in [0.1, 0.15) is 0 Å². The van der Waals surface area contributed by atoms with Gasteiger partial charge in [0.15, 0.2) is 5.75 Å². The van der Waals surface area contributed by atoms with Gasteiger partial charge in [-0.3, -0.25) is 9.52 Å². The van der Waals surface area contributed by atoms with Crippen molar-refractivity contribution >= 4 is 27.4 Å². The molecule has 1 aromatic rings. The lowest BCUT2D eigenvalue weighted by Crippen LogP contribution is -2.23. The van der Waals surface area contributed by atoms with Crippen LogP contribution in [0.1, 0.15) is 0 Å². The summed E-state index contributed by atoms with van der Waals surface area (Å²) in [5.74, 6) is -1.55. The SMILES string of the molecule is COC(=O)CS(=O)(=O)Nc1cccc(N)c1. The maximum absolute atomic E-state index is 11.4. The summed E-state index contributed by atoms with van der Waals surface area (Å²) in [4.78, 5) is 10.8. The topological polar surface area (TPSA) is 98.5 Å². The van der Waals surface area contributed by atoms with Gasteiger partial charge in [-0.05, 0) is 18.2 Å². The summed E-state index contributed by atoms with van der Waals surface area (Å²) in [7, 11) is -2.62. The van der Waals surface area contributed by atoms with Gasteiger partial charge >= 0.3 is 5.97 Å². The quantitative estimate of drug-likeness (QED) is 0.581. The molecule has 1 rings (SSSR count). The number of nitrogens with two attached hydrogens (primary N) is 1. The molecule has 0 aromatic heterocycles. The molecule has 1 aromatic carbocycles. The normalized spacial score (nSPS) is 10.8. The van der Waals surface area contributed by atoms with E-state index < -0.39 is 21.7 Å². The first kappa shape index (κ1) is 12.3. The Morgan fingerprint density at radius 2 is 2.19 bits per heavy atom. The predicted octanol–water partition coefficient (Wildman–Crippen LogP) is 0.183. The van der Waals surface area contributed by atoms with E-state index in [1.807, 2.05) is 0 Å². The third-order valence-electron chi connectivity index (χ3n) is 1.70. The van der Waals surface area contributed by atoms with E-state index in [4.69, 9.17) is 5.73 Å². The molecular formula is C9H12N2O4S. The number of rotatable bonds is 4. The van der Waals surface area contributed by atoms with Crippen LogP contribution in [0.3, 0.4) is 0 Å². The van der Waals surface area contributed by atoms with Crippen molar-refractivity contribution in [3.05, 3.63) is 24.3 Å². The van der Waals surface area contributed by atoms with Crippen molar-refractivity contribution in [3.8, 4) is 0 Å². The maximum atomic E-state index is 11.4. The Morgan fingerprint density at radius 1 is 1.50 bits per heavy atom. The van der Waals surface area contributed by atoms with Gasteiger partial charge in [0.2, 0.25) is 10.0 Å². The molecule has 3 N–H and O–H groups in total. The molecular weight excluding hydrogens is 232 g/mol. The molecule has 16 heavy (non-hydrogen) atoms. The minimum atomic E-state index is -3.74. The van der Waals surface area contributed by atoms with E-state index in [2.05, 4.69) is 9.46 Å². The summed E-state index contributed by atoms with van der Waals surface area (Å²) >= 11 is 0. The first-order valence-corrected chi connectivity index (χ1v) is 6.01. The lowest BCUT2D eigenvalue weighted by molar-refractivity contribution is -0.137. The lowest BCUT2D eigenvalue weighted by atomic mass is 10.3. The zero-order valence-electron chi connectivity index (χ0n) is 8.64. The number of carbonyl (C=O) groups is 1. The number of methoxy groups -OCH3 is 1. The van der Waals surface area contributed by atoms with Crippen molar-refractivity contribution in [1.29, 1.82) is 0 Å². The molecule has 0 saturated heterocycles. The minimum absolute atomic E-state index is 0.309. The predicted molar refractivity (Wildman–Crippen MR) is 60.3 cm³/mol. The number of anilines is 2. The Hall–Kier alpha value is -1.76. The molecule has 0 aliphatic rings. The van der Waals surface area contributed by atoms with Crippen molar-refractivity contribution in [1.82, 2.24) is 0 Å². The van der Waals surface area contributed by atoms with Crippen LogP contribution in [0.4, 0.5) is 11.4 Å². The standard InChI is InChI=1S/C9H12N2O4S/c1-15-9(12)6-16(13,14)11-8-4-2-3-7(10)5-8/h2-5,11H,6,10H2,1H3. The second kappa shape index (κ2) is 4.84. The number of hydrogen-bond acceptors (Lipinski definition) is 5. The fourth-order valence-electron chi connectivity index (χ4n) is 1.03. The molecule has 0 bridgehead atoms. The van der Waals surface area contributed by atoms with Crippen LogP contribution in [0.15, 0.2) is 24.3 Å². The lowest BCUT2D eigenvalue weighted by Gasteiger charge is -2.07. The molecule has 0 aliphatic carbocycles. The maximum Gasteiger partial charge on any atom is 0.322 e. The van der Waals surface area contributed by atoms with E-state index in [-0.39, 0.29) is 0 Å². The van der Waals surface area contributed by atoms with E-state index in [0.29, 0.717) is 11.4 Å². The Labute approximate surface area is 93.5 Å². The summed E-state index contributed by atoms with van der Waals surface area (Å²) in [5, 5.41) is 0. The molecule has 0 amide bonds. The summed E-state index contributed by atoms with van der Waals surface area (Å²) in [6.45, 7) is 0. The molecule has 0 spiro atoms. The van der Waals surface area contributed by atoms with Crippen molar-refractivity contribution in [2.75, 3.05) is 23.3 Å². The van der Waals surface area contributed by atoms with E-state index in [9.17, 15) is 13.2 Å². The Balaban J connectivity index is 2.77. The number of benzene rings is 1. The Morgan fingerprint density at radius 3 is 2.75 bits per heavy atom. The second-order valence-corrected chi connectivity index (χ2v) is 4.79. The summed E-state index contributed by atoms with van der Waals surface area (Å²) in [6.07, 6.45) is 0. The molecule has 0 saturated carbocycles. The first-order valence-electron chi connectivity index (χ1n) is 4.36. The van der Waals surface area contributed by atoms with Crippen LogP contribution in [0.2, 0.25) is 0 Å². The summed E-state index contributed by atoms with van der Waals surface area (Å²) < 4.78 is 29.3. The average Bonchev–Trinajstić information content (AvgIpc) is 2.15. The van der Waals surface area contributed by atoms with Crippen LogP contribution in [-0.4, -0.2) is 27.2 Å². The number of esters is 1. The average molecular weight is 244 g/mol. The molecule has 0 unspecified atom stereocenters. The van der Waals surface area contributed by atoms with Crippen LogP contribution in [0.5, 0.6) is 0 Å². The Bertz CT molecular complexity index is 484. The van der Waals surface area contributed by atoms with Crippen LogP contribution in [0.25, 0.3) is 0 Å². The van der Waals surface area contributed by atoms with Crippen LogP contribution < -0.4 is 10.5 Å². The van der Waals surface area contributed by atoms with Crippen LogP contribution in [-0.2, 0) is 19.6 Å². The van der Waals surface area contributed by atoms with E-state index in [1.54, 1.807) is 12.1 Å². The van der Waals surface area contributed by atoms with Gasteiger partial charge in [0, 0.05) is 5.69 Å². The molecule has 0 fully saturated rings. The monoisotopic (exact) mass is 244 g/mol. The smallest absolute Gasteiger partial charge is 0.322 e. The number of nitrogens with one attached hydrogen (secondary N) is 1. The van der Waals surface area contributed by atoms with Crippen molar-refractivity contribution in [2.24, 2.45) is 0 Å². The van der Waals surface area contributed by atoms with Crippen LogP contribution in [0, 0.1) is 0 Å². The number of ether oxygens (including phenoxy) is 1.